The van der Waals surface area contributed by atoms with E-state index in [0.29, 0.717) is 0 Å². The average molecular weight is 306 g/mol. The molecule has 1 N–H and O–H groups in total. The molecule has 110 valence electrons. The highest BCUT2D eigenvalue weighted by Crippen LogP contribution is 2.22. The lowest BCUT2D eigenvalue weighted by Gasteiger charge is -2.36. The molecule has 0 bridgehead atoms. The molecular formula is C13H14ClF2NO3. The van der Waals surface area contributed by atoms with Crippen molar-refractivity contribution in [2.24, 2.45) is 0 Å². The molecule has 2 unspecified atom stereocenters. The van der Waals surface area contributed by atoms with E-state index in [2.05, 4.69) is 0 Å². The molecule has 4 nitrogen and oxygen atoms in total. The number of carbonyl (C=O) groups excluding carboxylic acids is 1. The van der Waals surface area contributed by atoms with Crippen molar-refractivity contribution >= 4 is 17.5 Å². The Morgan fingerprint density at radius 1 is 1.45 bits per heavy atom. The summed E-state index contributed by atoms with van der Waals surface area (Å²) < 4.78 is 32.5. The normalized spacial score (nSPS) is 22.9. The van der Waals surface area contributed by atoms with Crippen molar-refractivity contribution in [2.75, 3.05) is 19.7 Å². The van der Waals surface area contributed by atoms with Gasteiger partial charge in [-0.05, 0) is 19.1 Å². The first-order chi connectivity index (χ1) is 9.42. The second kappa shape index (κ2) is 6.03. The molecule has 0 radical (unpaired) electrons. The van der Waals surface area contributed by atoms with Crippen LogP contribution in [-0.2, 0) is 4.74 Å². The van der Waals surface area contributed by atoms with E-state index >= 15 is 0 Å². The number of hydrogen-bond donors (Lipinski definition) is 1. The molecule has 7 heteroatoms. The van der Waals surface area contributed by atoms with Crippen molar-refractivity contribution in [3.63, 3.8) is 0 Å². The van der Waals surface area contributed by atoms with Crippen LogP contribution in [0.15, 0.2) is 12.1 Å². The van der Waals surface area contributed by atoms with Gasteiger partial charge in [0.05, 0.1) is 29.4 Å². The highest BCUT2D eigenvalue weighted by Gasteiger charge is 2.30. The molecule has 1 amide bonds. The van der Waals surface area contributed by atoms with E-state index in [9.17, 15) is 13.6 Å². The molecule has 1 aromatic rings. The van der Waals surface area contributed by atoms with Gasteiger partial charge in [-0.1, -0.05) is 11.6 Å². The number of nitrogens with zero attached hydrogens (tertiary/aromatic N) is 1. The van der Waals surface area contributed by atoms with E-state index in [1.165, 1.54) is 4.90 Å². The molecule has 1 aliphatic rings. The first-order valence-electron chi connectivity index (χ1n) is 6.12. The summed E-state index contributed by atoms with van der Waals surface area (Å²) in [4.78, 5) is 13.6. The van der Waals surface area contributed by atoms with E-state index in [1.807, 2.05) is 0 Å². The zero-order valence-electron chi connectivity index (χ0n) is 10.8. The summed E-state index contributed by atoms with van der Waals surface area (Å²) in [6.45, 7) is 1.87. The Labute approximate surface area is 119 Å². The Balaban J connectivity index is 2.24. The van der Waals surface area contributed by atoms with Crippen LogP contribution in [0.25, 0.3) is 0 Å². The van der Waals surface area contributed by atoms with Gasteiger partial charge in [0.2, 0.25) is 0 Å². The molecule has 1 fully saturated rings. The third-order valence-electron chi connectivity index (χ3n) is 3.06. The van der Waals surface area contributed by atoms with Gasteiger partial charge in [-0.2, -0.15) is 0 Å². The van der Waals surface area contributed by atoms with Crippen LogP contribution in [0.5, 0.6) is 0 Å². The number of aliphatic hydroxyl groups excluding tert-OH is 1. The summed E-state index contributed by atoms with van der Waals surface area (Å²) in [5, 5.41) is 8.73. The summed E-state index contributed by atoms with van der Waals surface area (Å²) in [5.74, 6) is -2.37. The summed E-state index contributed by atoms with van der Waals surface area (Å²) in [6.07, 6.45) is -0.812. The number of morpholine rings is 1. The average Bonchev–Trinajstić information content (AvgIpc) is 2.41. The minimum Gasteiger partial charge on any atom is -0.394 e. The Kier molecular flexibility index (Phi) is 4.57. The van der Waals surface area contributed by atoms with E-state index < -0.39 is 23.6 Å². The summed E-state index contributed by atoms with van der Waals surface area (Å²) in [5.41, 5.74) is -0.377. The molecule has 1 aromatic carbocycles. The van der Waals surface area contributed by atoms with Crippen LogP contribution >= 0.6 is 11.6 Å². The highest BCUT2D eigenvalue weighted by molar-refractivity contribution is 6.30. The Bertz CT molecular complexity index is 527. The number of ether oxygens (including phenoxy) is 1. The second-order valence-corrected chi connectivity index (χ2v) is 5.11. The molecule has 2 atom stereocenters. The van der Waals surface area contributed by atoms with Crippen LogP contribution < -0.4 is 0 Å². The lowest BCUT2D eigenvalue weighted by molar-refractivity contribution is -0.0859. The zero-order chi connectivity index (χ0) is 14.9. The van der Waals surface area contributed by atoms with Gasteiger partial charge in [0, 0.05) is 13.1 Å². The predicted molar refractivity (Wildman–Crippen MR) is 68.7 cm³/mol. The van der Waals surface area contributed by atoms with Gasteiger partial charge in [0.15, 0.2) is 0 Å². The fraction of sp³-hybridized carbons (Fsp3) is 0.462. The maximum atomic E-state index is 13.7. The van der Waals surface area contributed by atoms with Gasteiger partial charge in [-0.3, -0.25) is 4.79 Å². The zero-order valence-corrected chi connectivity index (χ0v) is 11.5. The number of rotatable bonds is 2. The lowest BCUT2D eigenvalue weighted by atomic mass is 10.1. The minimum absolute atomic E-state index is 0.128. The van der Waals surface area contributed by atoms with E-state index in [4.69, 9.17) is 21.4 Å². The monoisotopic (exact) mass is 305 g/mol. The largest absolute Gasteiger partial charge is 0.394 e. The summed E-state index contributed by atoms with van der Waals surface area (Å²) in [7, 11) is 0. The van der Waals surface area contributed by atoms with Crippen LogP contribution in [0.3, 0.4) is 0 Å². The Hall–Kier alpha value is -1.24. The van der Waals surface area contributed by atoms with Crippen LogP contribution in [0.1, 0.15) is 17.3 Å². The maximum absolute atomic E-state index is 13.7. The third-order valence-corrected chi connectivity index (χ3v) is 3.35. The molecule has 1 aliphatic heterocycles. The molecule has 1 saturated heterocycles. The standard InChI is InChI=1S/C13H14ClF2NO3/c1-7-4-17(5-8(6-18)20-7)13(19)9-2-12(16)10(14)3-11(9)15/h2-3,7-8,18H,4-6H2,1H3. The van der Waals surface area contributed by atoms with Gasteiger partial charge in [0.25, 0.3) is 5.91 Å². The lowest BCUT2D eigenvalue weighted by Crippen LogP contribution is -2.50. The van der Waals surface area contributed by atoms with Gasteiger partial charge < -0.3 is 14.7 Å². The second-order valence-electron chi connectivity index (χ2n) is 4.71. The van der Waals surface area contributed by atoms with Crippen molar-refractivity contribution in [1.29, 1.82) is 0 Å². The van der Waals surface area contributed by atoms with Crippen LogP contribution in [0.2, 0.25) is 5.02 Å². The van der Waals surface area contributed by atoms with E-state index in [1.54, 1.807) is 6.92 Å². The van der Waals surface area contributed by atoms with Crippen LogP contribution in [0, 0.1) is 11.6 Å². The number of aliphatic hydroxyl groups is 1. The molecule has 0 saturated carbocycles. The quantitative estimate of drug-likeness (QED) is 0.848. The van der Waals surface area contributed by atoms with Crippen molar-refractivity contribution < 1.29 is 23.4 Å². The smallest absolute Gasteiger partial charge is 0.257 e. The fourth-order valence-electron chi connectivity index (χ4n) is 2.17. The molecule has 20 heavy (non-hydrogen) atoms. The highest BCUT2D eigenvalue weighted by atomic mass is 35.5. The van der Waals surface area contributed by atoms with Crippen molar-refractivity contribution in [3.8, 4) is 0 Å². The molecule has 0 aliphatic carbocycles. The Morgan fingerprint density at radius 2 is 2.15 bits per heavy atom. The van der Waals surface area contributed by atoms with Gasteiger partial charge >= 0.3 is 0 Å². The predicted octanol–water partition coefficient (Wildman–Crippen LogP) is 1.84. The molecular weight excluding hydrogens is 292 g/mol. The Morgan fingerprint density at radius 3 is 2.80 bits per heavy atom. The van der Waals surface area contributed by atoms with Gasteiger partial charge in [-0.15, -0.1) is 0 Å². The third kappa shape index (κ3) is 3.08. The molecule has 1 heterocycles. The summed E-state index contributed by atoms with van der Waals surface area (Å²) >= 11 is 5.45. The SMILES string of the molecule is CC1CN(C(=O)c2cc(F)c(Cl)cc2F)CC(CO)O1. The first-order valence-corrected chi connectivity index (χ1v) is 6.50. The number of halogens is 3. The number of hydrogen-bond acceptors (Lipinski definition) is 3. The first kappa shape index (κ1) is 15.2. The topological polar surface area (TPSA) is 49.8 Å². The molecule has 0 aromatic heterocycles. The number of amides is 1. The fourth-order valence-corrected chi connectivity index (χ4v) is 2.32. The maximum Gasteiger partial charge on any atom is 0.257 e. The van der Waals surface area contributed by atoms with Gasteiger partial charge in [-0.25, -0.2) is 8.78 Å². The van der Waals surface area contributed by atoms with Crippen molar-refractivity contribution in [2.45, 2.75) is 19.1 Å². The van der Waals surface area contributed by atoms with Crippen LogP contribution in [-0.4, -0.2) is 47.8 Å². The number of carbonyl (C=O) groups is 1. The van der Waals surface area contributed by atoms with Crippen LogP contribution in [0.4, 0.5) is 8.78 Å². The van der Waals surface area contributed by atoms with Crippen molar-refractivity contribution in [1.82, 2.24) is 4.90 Å². The molecule has 0 spiro atoms. The van der Waals surface area contributed by atoms with E-state index in [0.717, 1.165) is 12.1 Å². The van der Waals surface area contributed by atoms with Crippen molar-refractivity contribution in [3.05, 3.63) is 34.4 Å². The van der Waals surface area contributed by atoms with Gasteiger partial charge in [0.1, 0.15) is 11.6 Å². The summed E-state index contributed by atoms with van der Waals surface area (Å²) in [6, 6.07) is 1.56. The minimum atomic E-state index is -0.874. The molecule has 2 rings (SSSR count). The van der Waals surface area contributed by atoms with E-state index in [-0.39, 0.29) is 36.4 Å². The number of benzene rings is 1.